The number of hydrogen-bond acceptors (Lipinski definition) is 9. The standard InChI is InChI=1S/C17H17N3O7.2C2HF3O2/c18-16(19)10-1-3-11(4-2-10)27-17(25)13-6-5-12(26-13)7-20(8-14(21)22)9-15(23)24;2*3-2(4,5)1(6)7/h1-6H,7-9H2,(H3,18,19)(H,21,22)(H,23,24);2*(H,6,7). The average molecular weight is 603 g/mol. The highest BCUT2D eigenvalue weighted by molar-refractivity contribution is 5.95. The van der Waals surface area contributed by atoms with E-state index < -0.39 is 55.3 Å². The Morgan fingerprint density at radius 1 is 0.805 bits per heavy atom. The van der Waals surface area contributed by atoms with E-state index >= 15 is 0 Å². The van der Waals surface area contributed by atoms with Crippen molar-refractivity contribution in [3.05, 3.63) is 53.5 Å². The number of ether oxygens (including phenoxy) is 1. The molecule has 0 aliphatic rings. The normalized spacial score (nSPS) is 10.8. The van der Waals surface area contributed by atoms with E-state index in [9.17, 15) is 40.7 Å². The molecule has 1 aromatic carbocycles. The summed E-state index contributed by atoms with van der Waals surface area (Å²) in [5, 5.41) is 39.2. The number of hydrogen-bond donors (Lipinski definition) is 6. The van der Waals surface area contributed by atoms with Gasteiger partial charge in [0.15, 0.2) is 0 Å². The van der Waals surface area contributed by atoms with E-state index in [0.29, 0.717) is 5.56 Å². The number of carboxylic acid groups (broad SMARTS) is 4. The van der Waals surface area contributed by atoms with Gasteiger partial charge in [-0.1, -0.05) is 0 Å². The maximum Gasteiger partial charge on any atom is 0.490 e. The highest BCUT2D eigenvalue weighted by Crippen LogP contribution is 2.17. The van der Waals surface area contributed by atoms with Gasteiger partial charge in [-0.3, -0.25) is 19.9 Å². The predicted molar refractivity (Wildman–Crippen MR) is 119 cm³/mol. The van der Waals surface area contributed by atoms with Crippen LogP contribution in [0.2, 0.25) is 0 Å². The number of amidine groups is 1. The smallest absolute Gasteiger partial charge is 0.480 e. The molecule has 2 aromatic rings. The third-order valence-corrected chi connectivity index (χ3v) is 3.82. The molecule has 0 atom stereocenters. The molecular weight excluding hydrogens is 584 g/mol. The summed E-state index contributed by atoms with van der Waals surface area (Å²) in [6.45, 7) is -1.08. The number of nitrogens with one attached hydrogen (secondary N) is 1. The van der Waals surface area contributed by atoms with Crippen molar-refractivity contribution in [3.63, 3.8) is 0 Å². The number of nitrogens with zero attached hydrogens (tertiary/aromatic N) is 1. The van der Waals surface area contributed by atoms with E-state index in [1.807, 2.05) is 0 Å². The fourth-order valence-electron chi connectivity index (χ4n) is 2.20. The van der Waals surface area contributed by atoms with Crippen molar-refractivity contribution >= 4 is 35.7 Å². The lowest BCUT2D eigenvalue weighted by atomic mass is 10.2. The first-order valence-corrected chi connectivity index (χ1v) is 10.1. The molecule has 20 heteroatoms. The number of rotatable bonds is 9. The van der Waals surface area contributed by atoms with Crippen LogP contribution < -0.4 is 10.5 Å². The van der Waals surface area contributed by atoms with Crippen LogP contribution in [0.25, 0.3) is 0 Å². The molecule has 0 saturated carbocycles. The van der Waals surface area contributed by atoms with Crippen LogP contribution in [0.4, 0.5) is 26.3 Å². The molecule has 0 spiro atoms. The molecule has 0 aliphatic carbocycles. The first-order chi connectivity index (χ1) is 18.6. The van der Waals surface area contributed by atoms with Crippen LogP contribution in [0.1, 0.15) is 21.9 Å². The lowest BCUT2D eigenvalue weighted by molar-refractivity contribution is -0.193. The van der Waals surface area contributed by atoms with Gasteiger partial charge < -0.3 is 35.3 Å². The number of esters is 1. The minimum absolute atomic E-state index is 0.0980. The molecule has 0 unspecified atom stereocenters. The number of nitrogen functional groups attached to an aromatic ring is 1. The second-order valence-corrected chi connectivity index (χ2v) is 7.13. The van der Waals surface area contributed by atoms with E-state index in [-0.39, 0.29) is 29.7 Å². The molecule has 0 radical (unpaired) electrons. The summed E-state index contributed by atoms with van der Waals surface area (Å²) in [6, 6.07) is 8.77. The van der Waals surface area contributed by atoms with Crippen LogP contribution in [-0.2, 0) is 25.7 Å². The van der Waals surface area contributed by atoms with E-state index in [2.05, 4.69) is 0 Å². The van der Waals surface area contributed by atoms with Gasteiger partial charge in [0, 0.05) is 5.56 Å². The molecule has 0 fully saturated rings. The van der Waals surface area contributed by atoms with Crippen molar-refractivity contribution in [1.29, 1.82) is 5.41 Å². The van der Waals surface area contributed by atoms with Gasteiger partial charge in [0.2, 0.25) is 5.76 Å². The number of carbonyl (C=O) groups is 5. The quantitative estimate of drug-likeness (QED) is 0.0791. The summed E-state index contributed by atoms with van der Waals surface area (Å²) in [4.78, 5) is 52.6. The maximum absolute atomic E-state index is 12.1. The van der Waals surface area contributed by atoms with Gasteiger partial charge in [-0.05, 0) is 36.4 Å². The van der Waals surface area contributed by atoms with Crippen LogP contribution in [-0.4, -0.2) is 86.5 Å². The molecule has 0 aliphatic heterocycles. The summed E-state index contributed by atoms with van der Waals surface area (Å²) in [6.07, 6.45) is -10.2. The zero-order valence-corrected chi connectivity index (χ0v) is 20.0. The molecule has 14 nitrogen and oxygen atoms in total. The van der Waals surface area contributed by atoms with Gasteiger partial charge in [-0.2, -0.15) is 26.3 Å². The zero-order chi connectivity index (χ0) is 32.1. The van der Waals surface area contributed by atoms with Crippen LogP contribution in [0, 0.1) is 5.41 Å². The topological polar surface area (TPSA) is 242 Å². The van der Waals surface area contributed by atoms with Gasteiger partial charge in [0.05, 0.1) is 19.6 Å². The van der Waals surface area contributed by atoms with Crippen LogP contribution >= 0.6 is 0 Å². The molecule has 0 bridgehead atoms. The van der Waals surface area contributed by atoms with Gasteiger partial charge in [0.1, 0.15) is 17.3 Å². The van der Waals surface area contributed by atoms with Gasteiger partial charge in [-0.25, -0.2) is 14.4 Å². The van der Waals surface area contributed by atoms with Crippen molar-refractivity contribution in [2.24, 2.45) is 5.73 Å². The predicted octanol–water partition coefficient (Wildman–Crippen LogP) is 2.02. The zero-order valence-electron chi connectivity index (χ0n) is 20.0. The Kier molecular flexibility index (Phi) is 13.5. The minimum Gasteiger partial charge on any atom is -0.480 e. The molecule has 7 N–H and O–H groups in total. The summed E-state index contributed by atoms with van der Waals surface area (Å²) in [7, 11) is 0. The fraction of sp³-hybridized carbons (Fsp3) is 0.238. The third kappa shape index (κ3) is 15.1. The number of nitrogens with two attached hydrogens (primary N) is 1. The first-order valence-electron chi connectivity index (χ1n) is 10.1. The highest BCUT2D eigenvalue weighted by atomic mass is 19.4. The van der Waals surface area contributed by atoms with Crippen LogP contribution in [0.3, 0.4) is 0 Å². The molecule has 41 heavy (non-hydrogen) atoms. The van der Waals surface area contributed by atoms with E-state index in [0.717, 1.165) is 4.90 Å². The fourth-order valence-corrected chi connectivity index (χ4v) is 2.20. The summed E-state index contributed by atoms with van der Waals surface area (Å²) >= 11 is 0. The molecule has 1 heterocycles. The van der Waals surface area contributed by atoms with Crippen molar-refractivity contribution in [2.75, 3.05) is 13.1 Å². The van der Waals surface area contributed by atoms with Gasteiger partial charge >= 0.3 is 42.2 Å². The minimum atomic E-state index is -5.08. The summed E-state index contributed by atoms with van der Waals surface area (Å²) in [5.74, 6) is -8.45. The molecule has 1 aromatic heterocycles. The Bertz CT molecular complexity index is 1200. The number of furan rings is 1. The Labute approximate surface area is 223 Å². The number of carbonyl (C=O) groups excluding carboxylic acids is 1. The average Bonchev–Trinajstić information content (AvgIpc) is 3.26. The largest absolute Gasteiger partial charge is 0.490 e. The Hall–Kier alpha value is -5.14. The SMILES string of the molecule is N=C(N)c1ccc(OC(=O)c2ccc(CN(CC(=O)O)CC(=O)O)o2)cc1.O=C(O)C(F)(F)F.O=C(O)C(F)(F)F. The molecular formula is C21H19F6N3O11. The summed E-state index contributed by atoms with van der Waals surface area (Å²) < 4.78 is 73.9. The van der Waals surface area contributed by atoms with E-state index in [1.54, 1.807) is 0 Å². The van der Waals surface area contributed by atoms with E-state index in [1.165, 1.54) is 36.4 Å². The van der Waals surface area contributed by atoms with Crippen LogP contribution in [0.5, 0.6) is 5.75 Å². The second-order valence-electron chi connectivity index (χ2n) is 7.13. The highest BCUT2D eigenvalue weighted by Gasteiger charge is 2.38. The second kappa shape index (κ2) is 15.5. The number of alkyl halides is 6. The molecule has 0 amide bonds. The monoisotopic (exact) mass is 603 g/mol. The Balaban J connectivity index is 0.000000941. The number of aliphatic carboxylic acids is 4. The number of halogens is 6. The number of benzene rings is 1. The first kappa shape index (κ1) is 35.9. The molecule has 0 saturated heterocycles. The van der Waals surface area contributed by atoms with Crippen molar-refractivity contribution in [3.8, 4) is 5.75 Å². The lowest BCUT2D eigenvalue weighted by Crippen LogP contribution is -2.33. The Morgan fingerprint density at radius 3 is 1.56 bits per heavy atom. The van der Waals surface area contributed by atoms with Crippen molar-refractivity contribution < 1.29 is 79.9 Å². The molecule has 226 valence electrons. The lowest BCUT2D eigenvalue weighted by Gasteiger charge is -2.15. The molecule has 2 rings (SSSR count). The number of carboxylic acids is 4. The third-order valence-electron chi connectivity index (χ3n) is 3.82. The maximum atomic E-state index is 12.1. The van der Waals surface area contributed by atoms with Gasteiger partial charge in [0.25, 0.3) is 0 Å². The summed E-state index contributed by atoms with van der Waals surface area (Å²) in [5.41, 5.74) is 5.82. The van der Waals surface area contributed by atoms with Gasteiger partial charge in [-0.15, -0.1) is 0 Å². The van der Waals surface area contributed by atoms with Crippen LogP contribution in [0.15, 0.2) is 40.8 Å². The van der Waals surface area contributed by atoms with E-state index in [4.69, 9.17) is 50.3 Å². The van der Waals surface area contributed by atoms with Crippen molar-refractivity contribution in [2.45, 2.75) is 18.9 Å². The van der Waals surface area contributed by atoms with Crippen molar-refractivity contribution in [1.82, 2.24) is 4.90 Å². The Morgan fingerprint density at radius 2 is 1.22 bits per heavy atom.